The van der Waals surface area contributed by atoms with Crippen molar-refractivity contribution in [2.24, 2.45) is 0 Å². The lowest BCUT2D eigenvalue weighted by atomic mass is 9.86. The highest BCUT2D eigenvalue weighted by atomic mass is 16.5. The lowest BCUT2D eigenvalue weighted by Crippen LogP contribution is -2.26. The van der Waals surface area contributed by atoms with Crippen molar-refractivity contribution in [3.63, 3.8) is 0 Å². The zero-order valence-electron chi connectivity index (χ0n) is 13.1. The number of carbonyl (C=O) groups is 1. The van der Waals surface area contributed by atoms with Crippen molar-refractivity contribution in [3.8, 4) is 11.5 Å². The summed E-state index contributed by atoms with van der Waals surface area (Å²) in [5.74, 6) is 0.675. The van der Waals surface area contributed by atoms with Crippen LogP contribution >= 0.6 is 0 Å². The van der Waals surface area contributed by atoms with Gasteiger partial charge in [-0.05, 0) is 28.7 Å². The first kappa shape index (κ1) is 14.6. The molecule has 0 saturated heterocycles. The molecule has 0 amide bonds. The predicted octanol–water partition coefficient (Wildman–Crippen LogP) is 3.94. The van der Waals surface area contributed by atoms with Crippen LogP contribution in [-0.2, 0) is 16.6 Å². The van der Waals surface area contributed by atoms with Crippen LogP contribution in [0.3, 0.4) is 0 Å². The van der Waals surface area contributed by atoms with Crippen molar-refractivity contribution in [2.45, 2.75) is 38.7 Å². The van der Waals surface area contributed by atoms with Gasteiger partial charge in [0.25, 0.3) is 0 Å². The molecule has 1 N–H and O–H groups in total. The van der Waals surface area contributed by atoms with Crippen LogP contribution in [0.1, 0.15) is 43.6 Å². The molecule has 1 heterocycles. The van der Waals surface area contributed by atoms with Gasteiger partial charge in [0.05, 0.1) is 0 Å². The fraction of sp³-hybridized carbons (Fsp3) is 0.316. The Bertz CT molecular complexity index is 708. The van der Waals surface area contributed by atoms with Gasteiger partial charge in [0.1, 0.15) is 11.5 Å². The Hall–Kier alpha value is -2.29. The number of fused-ring (bicyclic) bond motifs is 1. The number of phenols is 1. The van der Waals surface area contributed by atoms with Crippen molar-refractivity contribution in [3.05, 3.63) is 59.2 Å². The number of Topliss-reactive ketones (excluding diaryl/α,β-unsaturated/α-hetero) is 1. The van der Waals surface area contributed by atoms with Crippen molar-refractivity contribution in [1.29, 1.82) is 0 Å². The number of rotatable bonds is 1. The van der Waals surface area contributed by atoms with Crippen LogP contribution in [0.2, 0.25) is 0 Å². The molecule has 0 fully saturated rings. The molecule has 2 aromatic carbocycles. The van der Waals surface area contributed by atoms with E-state index in [0.29, 0.717) is 11.3 Å². The van der Waals surface area contributed by atoms with Crippen LogP contribution in [0.15, 0.2) is 42.5 Å². The van der Waals surface area contributed by atoms with Gasteiger partial charge in [-0.15, -0.1) is 0 Å². The molecule has 1 aliphatic heterocycles. The molecule has 3 heteroatoms. The van der Waals surface area contributed by atoms with Gasteiger partial charge in [0.2, 0.25) is 0 Å². The molecule has 0 aliphatic carbocycles. The van der Waals surface area contributed by atoms with E-state index in [0.717, 1.165) is 5.56 Å². The topological polar surface area (TPSA) is 46.5 Å². The molecular formula is C19H20O3. The molecule has 2 aromatic rings. The second-order valence-electron chi connectivity index (χ2n) is 6.77. The van der Waals surface area contributed by atoms with Gasteiger partial charge >= 0.3 is 0 Å². The highest BCUT2D eigenvalue weighted by Gasteiger charge is 2.30. The number of ketones is 1. The number of aromatic hydroxyl groups is 1. The smallest absolute Gasteiger partial charge is 0.182 e. The minimum Gasteiger partial charge on any atom is -0.508 e. The zero-order valence-corrected chi connectivity index (χ0v) is 13.1. The SMILES string of the molecule is CC(C)(C)c1ccc(C2Oc3cccc(O)c3CC2=O)cc1. The van der Waals surface area contributed by atoms with E-state index in [2.05, 4.69) is 20.8 Å². The van der Waals surface area contributed by atoms with Crippen molar-refractivity contribution in [2.75, 3.05) is 0 Å². The molecule has 1 unspecified atom stereocenters. The van der Waals surface area contributed by atoms with E-state index in [1.54, 1.807) is 18.2 Å². The lowest BCUT2D eigenvalue weighted by Gasteiger charge is -2.26. The average molecular weight is 296 g/mol. The molecule has 0 spiro atoms. The largest absolute Gasteiger partial charge is 0.508 e. The maximum atomic E-state index is 12.4. The van der Waals surface area contributed by atoms with E-state index < -0.39 is 6.10 Å². The Kier molecular flexibility index (Phi) is 3.44. The number of ether oxygens (including phenoxy) is 1. The Labute approximate surface area is 130 Å². The highest BCUT2D eigenvalue weighted by Crippen LogP contribution is 2.37. The molecule has 114 valence electrons. The third-order valence-electron chi connectivity index (χ3n) is 4.08. The van der Waals surface area contributed by atoms with Gasteiger partial charge in [0.15, 0.2) is 11.9 Å². The molecule has 0 bridgehead atoms. The summed E-state index contributed by atoms with van der Waals surface area (Å²) in [6.07, 6.45) is -0.392. The van der Waals surface area contributed by atoms with Crippen LogP contribution in [-0.4, -0.2) is 10.9 Å². The molecule has 3 rings (SSSR count). The molecule has 0 saturated carbocycles. The van der Waals surface area contributed by atoms with Gasteiger partial charge < -0.3 is 9.84 Å². The standard InChI is InChI=1S/C19H20O3/c1-19(2,3)13-9-7-12(8-10-13)18-16(21)11-14-15(20)5-4-6-17(14)22-18/h4-10,18,20H,11H2,1-3H3. The van der Waals surface area contributed by atoms with E-state index >= 15 is 0 Å². The number of benzene rings is 2. The molecule has 1 aliphatic rings. The van der Waals surface area contributed by atoms with Crippen molar-refractivity contribution >= 4 is 5.78 Å². The summed E-state index contributed by atoms with van der Waals surface area (Å²) in [4.78, 5) is 12.4. The molecule has 0 aromatic heterocycles. The summed E-state index contributed by atoms with van der Waals surface area (Å²) in [7, 11) is 0. The summed E-state index contributed by atoms with van der Waals surface area (Å²) in [5.41, 5.74) is 2.73. The van der Waals surface area contributed by atoms with E-state index in [9.17, 15) is 9.90 Å². The normalized spacial score (nSPS) is 17.8. The third kappa shape index (κ3) is 2.59. The van der Waals surface area contributed by atoms with Crippen LogP contribution < -0.4 is 4.74 Å². The van der Waals surface area contributed by atoms with Crippen molar-refractivity contribution in [1.82, 2.24) is 0 Å². The van der Waals surface area contributed by atoms with Crippen LogP contribution in [0, 0.1) is 0 Å². The van der Waals surface area contributed by atoms with Gasteiger partial charge in [-0.1, -0.05) is 51.1 Å². The van der Waals surface area contributed by atoms with E-state index in [1.165, 1.54) is 5.56 Å². The van der Waals surface area contributed by atoms with E-state index in [4.69, 9.17) is 4.74 Å². The van der Waals surface area contributed by atoms with E-state index in [1.807, 2.05) is 24.3 Å². The molecule has 3 nitrogen and oxygen atoms in total. The minimum atomic E-state index is -0.594. The number of hydrogen-bond acceptors (Lipinski definition) is 3. The van der Waals surface area contributed by atoms with Gasteiger partial charge in [0, 0.05) is 12.0 Å². The fourth-order valence-corrected chi connectivity index (χ4v) is 2.71. The van der Waals surface area contributed by atoms with Crippen LogP contribution in [0.25, 0.3) is 0 Å². The maximum absolute atomic E-state index is 12.4. The average Bonchev–Trinajstić information content (AvgIpc) is 2.47. The Morgan fingerprint density at radius 3 is 2.41 bits per heavy atom. The first-order valence-corrected chi connectivity index (χ1v) is 7.47. The Morgan fingerprint density at radius 2 is 1.77 bits per heavy atom. The minimum absolute atomic E-state index is 0.0301. The first-order valence-electron chi connectivity index (χ1n) is 7.47. The fourth-order valence-electron chi connectivity index (χ4n) is 2.71. The van der Waals surface area contributed by atoms with Crippen LogP contribution in [0.4, 0.5) is 0 Å². The molecule has 1 atom stereocenters. The Balaban J connectivity index is 1.91. The van der Waals surface area contributed by atoms with Crippen molar-refractivity contribution < 1.29 is 14.6 Å². The highest BCUT2D eigenvalue weighted by molar-refractivity contribution is 5.89. The zero-order chi connectivity index (χ0) is 15.9. The third-order valence-corrected chi connectivity index (χ3v) is 4.08. The monoisotopic (exact) mass is 296 g/mol. The van der Waals surface area contributed by atoms with Crippen LogP contribution in [0.5, 0.6) is 11.5 Å². The molecule has 0 radical (unpaired) electrons. The summed E-state index contributed by atoms with van der Waals surface area (Å²) in [6, 6.07) is 13.1. The Morgan fingerprint density at radius 1 is 1.09 bits per heavy atom. The quantitative estimate of drug-likeness (QED) is 0.867. The first-order chi connectivity index (χ1) is 10.4. The number of hydrogen-bond donors (Lipinski definition) is 1. The van der Waals surface area contributed by atoms with E-state index in [-0.39, 0.29) is 23.4 Å². The van der Waals surface area contributed by atoms with Gasteiger partial charge in [-0.3, -0.25) is 4.79 Å². The molecular weight excluding hydrogens is 276 g/mol. The number of carbonyl (C=O) groups excluding carboxylic acids is 1. The summed E-state index contributed by atoms with van der Waals surface area (Å²) in [5, 5.41) is 9.82. The lowest BCUT2D eigenvalue weighted by molar-refractivity contribution is -0.126. The summed E-state index contributed by atoms with van der Waals surface area (Å²) < 4.78 is 5.83. The summed E-state index contributed by atoms with van der Waals surface area (Å²) >= 11 is 0. The second kappa shape index (κ2) is 5.16. The molecule has 22 heavy (non-hydrogen) atoms. The maximum Gasteiger partial charge on any atom is 0.182 e. The second-order valence-corrected chi connectivity index (χ2v) is 6.77. The predicted molar refractivity (Wildman–Crippen MR) is 85.3 cm³/mol. The summed E-state index contributed by atoms with van der Waals surface area (Å²) in [6.45, 7) is 6.47. The van der Waals surface area contributed by atoms with Gasteiger partial charge in [-0.2, -0.15) is 0 Å². The number of phenolic OH excluding ortho intramolecular Hbond substituents is 1. The van der Waals surface area contributed by atoms with Gasteiger partial charge in [-0.25, -0.2) is 0 Å².